The molecule has 0 fully saturated rings. The fourth-order valence-electron chi connectivity index (χ4n) is 2.77. The van der Waals surface area contributed by atoms with E-state index in [9.17, 15) is 19.8 Å². The second kappa shape index (κ2) is 30.6. The molecule has 0 radical (unpaired) electrons. The molecule has 0 aliphatic heterocycles. The number of nitrogens with one attached hydrogen (secondary N) is 2. The quantitative estimate of drug-likeness (QED) is 0.0762. The lowest BCUT2D eigenvalue weighted by atomic mass is 10.1. The van der Waals surface area contributed by atoms with E-state index in [1.54, 1.807) is 0 Å². The lowest BCUT2D eigenvalue weighted by molar-refractivity contribution is -0.901. The fourth-order valence-corrected chi connectivity index (χ4v) is 2.77. The van der Waals surface area contributed by atoms with Crippen molar-refractivity contribution in [2.75, 3.05) is 78.9 Å². The fraction of sp³-hybridized carbons (Fsp3) is 0.905. The number of quaternary nitrogens is 2. The molecule has 0 saturated heterocycles. The molecule has 0 aromatic rings. The Morgan fingerprint density at radius 2 is 0.667 bits per heavy atom. The first kappa shape index (κ1) is 36.2. The van der Waals surface area contributed by atoms with E-state index >= 15 is 0 Å². The van der Waals surface area contributed by atoms with Gasteiger partial charge in [-0.15, -0.1) is 0 Å². The van der Waals surface area contributed by atoms with Gasteiger partial charge in [-0.25, -0.2) is 0 Å². The lowest BCUT2D eigenvalue weighted by Crippen LogP contribution is -3.13. The molecule has 0 amide bonds. The molecular weight excluding hydrogens is 440 g/mol. The second-order valence-corrected chi connectivity index (χ2v) is 7.35. The molecule has 0 aromatic carbocycles. The van der Waals surface area contributed by atoms with Crippen molar-refractivity contribution in [3.05, 3.63) is 0 Å². The van der Waals surface area contributed by atoms with Crippen LogP contribution in [0.5, 0.6) is 0 Å². The number of carboxylic acids is 2. The summed E-state index contributed by atoms with van der Waals surface area (Å²) in [5.74, 6) is -2.04. The average molecular weight is 487 g/mol. The minimum absolute atomic E-state index is 0.0977. The van der Waals surface area contributed by atoms with Crippen LogP contribution in [0.2, 0.25) is 0 Å². The Bertz CT molecular complexity index is 352. The molecule has 0 atom stereocenters. The lowest BCUT2D eigenvalue weighted by Gasteiger charge is -2.15. The first-order chi connectivity index (χ1) is 15.8. The highest BCUT2D eigenvalue weighted by Crippen LogP contribution is 2.06. The van der Waals surface area contributed by atoms with E-state index in [4.69, 9.17) is 30.6 Å². The van der Waals surface area contributed by atoms with E-state index in [-0.39, 0.29) is 52.5 Å². The summed E-state index contributed by atoms with van der Waals surface area (Å²) in [6.07, 6.45) is 3.95. The van der Waals surface area contributed by atoms with Gasteiger partial charge < -0.3 is 60.2 Å². The smallest absolute Gasteiger partial charge is 0.101 e. The van der Waals surface area contributed by atoms with E-state index in [1.807, 2.05) is 0 Å². The van der Waals surface area contributed by atoms with Gasteiger partial charge in [-0.3, -0.25) is 0 Å². The maximum atomic E-state index is 9.98. The number of hydrogen-bond donors (Lipinski definition) is 8. The number of carboxylic acid groups (broad SMARTS) is 2. The summed E-state index contributed by atoms with van der Waals surface area (Å²) in [6.45, 7) is 4.23. The summed E-state index contributed by atoms with van der Waals surface area (Å²) >= 11 is 0. The maximum Gasteiger partial charge on any atom is 0.101 e. The van der Waals surface area contributed by atoms with Crippen LogP contribution < -0.4 is 20.0 Å². The number of carbonyl (C=O) groups is 2. The van der Waals surface area contributed by atoms with Gasteiger partial charge in [0.1, 0.15) is 39.3 Å². The number of hydrogen-bond acceptors (Lipinski definition) is 10. The monoisotopic (exact) mass is 486 g/mol. The third-order valence-corrected chi connectivity index (χ3v) is 4.55. The van der Waals surface area contributed by atoms with Gasteiger partial charge in [0.05, 0.1) is 39.6 Å². The van der Waals surface area contributed by atoms with Crippen LogP contribution in [0, 0.1) is 0 Å². The molecule has 0 aliphatic rings. The van der Waals surface area contributed by atoms with Crippen LogP contribution in [0.25, 0.3) is 0 Å². The number of rotatable bonds is 20. The zero-order valence-corrected chi connectivity index (χ0v) is 19.8. The van der Waals surface area contributed by atoms with Gasteiger partial charge in [-0.2, -0.15) is 0 Å². The van der Waals surface area contributed by atoms with Crippen molar-refractivity contribution in [1.82, 2.24) is 0 Å². The Kier molecular flexibility index (Phi) is 33.6. The maximum absolute atomic E-state index is 9.98. The number of aliphatic hydroxyl groups excluding tert-OH is 6. The molecule has 0 aliphatic carbocycles. The molecule has 33 heavy (non-hydrogen) atoms. The van der Waals surface area contributed by atoms with Crippen molar-refractivity contribution < 1.29 is 60.2 Å². The highest BCUT2D eigenvalue weighted by Gasteiger charge is 2.04. The molecule has 12 heteroatoms. The number of unbranched alkanes of at least 4 members (excludes halogenated alkanes) is 4. The standard InChI is InChI=1S/C9H16O4.2C6H15NO3/c10-8(11)6-4-2-1-3-5-7-9(12)13;2*8-4-1-7(2-5-9)3-6-10/h1-7H2,(H,10,11)(H,12,13);2*8-10H,1-6H2. The predicted molar refractivity (Wildman–Crippen MR) is 116 cm³/mol. The second-order valence-electron chi connectivity index (χ2n) is 7.35. The van der Waals surface area contributed by atoms with Gasteiger partial charge in [0.2, 0.25) is 0 Å². The summed E-state index contributed by atoms with van der Waals surface area (Å²) in [5.41, 5.74) is 0. The molecular formula is C21H46N2O10. The highest BCUT2D eigenvalue weighted by molar-refractivity contribution is 5.64. The average Bonchev–Trinajstić information content (AvgIpc) is 2.75. The van der Waals surface area contributed by atoms with E-state index < -0.39 is 11.9 Å². The van der Waals surface area contributed by atoms with Crippen molar-refractivity contribution in [3.8, 4) is 0 Å². The minimum Gasteiger partial charge on any atom is -0.550 e. The van der Waals surface area contributed by atoms with E-state index in [0.717, 1.165) is 29.1 Å². The van der Waals surface area contributed by atoms with Gasteiger partial charge in [-0.05, 0) is 25.7 Å². The van der Waals surface area contributed by atoms with Crippen LogP contribution in [0.15, 0.2) is 0 Å². The van der Waals surface area contributed by atoms with Crippen molar-refractivity contribution in [1.29, 1.82) is 0 Å². The largest absolute Gasteiger partial charge is 0.550 e. The van der Waals surface area contributed by atoms with Gasteiger partial charge in [0.25, 0.3) is 0 Å². The van der Waals surface area contributed by atoms with E-state index in [1.165, 1.54) is 0 Å². The van der Waals surface area contributed by atoms with Crippen molar-refractivity contribution in [3.63, 3.8) is 0 Å². The van der Waals surface area contributed by atoms with E-state index in [2.05, 4.69) is 0 Å². The van der Waals surface area contributed by atoms with Crippen molar-refractivity contribution >= 4 is 11.9 Å². The topological polar surface area (TPSA) is 211 Å². The predicted octanol–water partition coefficient (Wildman–Crippen LogP) is -7.09. The van der Waals surface area contributed by atoms with Gasteiger partial charge in [0.15, 0.2) is 0 Å². The van der Waals surface area contributed by atoms with Crippen LogP contribution in [0.1, 0.15) is 44.9 Å². The Hall–Kier alpha value is -1.38. The first-order valence-corrected chi connectivity index (χ1v) is 11.5. The SMILES string of the molecule is O=C([O-])CCCCCCCC(=O)[O-].OCC[NH+](CCO)CCO.OCC[NH+](CCO)CCO. The molecule has 0 spiro atoms. The van der Waals surface area contributed by atoms with Crippen LogP contribution in [0.3, 0.4) is 0 Å². The molecule has 0 saturated carbocycles. The molecule has 8 N–H and O–H groups in total. The Morgan fingerprint density at radius 1 is 0.455 bits per heavy atom. The number of aliphatic hydroxyl groups is 6. The summed E-state index contributed by atoms with van der Waals surface area (Å²) in [7, 11) is 0. The van der Waals surface area contributed by atoms with Gasteiger partial charge in [0, 0.05) is 11.9 Å². The van der Waals surface area contributed by atoms with Crippen LogP contribution in [0.4, 0.5) is 0 Å². The van der Waals surface area contributed by atoms with Crippen molar-refractivity contribution in [2.24, 2.45) is 0 Å². The Labute approximate surface area is 196 Å². The molecule has 0 unspecified atom stereocenters. The molecule has 0 bridgehead atoms. The molecule has 0 rings (SSSR count). The third kappa shape index (κ3) is 35.4. The zero-order chi connectivity index (χ0) is 25.7. The molecule has 0 aromatic heterocycles. The summed E-state index contributed by atoms with van der Waals surface area (Å²) < 4.78 is 0. The minimum atomic E-state index is -1.02. The molecule has 12 nitrogen and oxygen atoms in total. The third-order valence-electron chi connectivity index (χ3n) is 4.55. The molecule has 200 valence electrons. The molecule has 0 heterocycles. The Balaban J connectivity index is -0.000000415. The Morgan fingerprint density at radius 3 is 0.848 bits per heavy atom. The summed E-state index contributed by atoms with van der Waals surface area (Å²) in [4.78, 5) is 22.0. The summed E-state index contributed by atoms with van der Waals surface area (Å²) in [5, 5.41) is 71.0. The number of aliphatic carboxylic acids is 2. The van der Waals surface area contributed by atoms with Crippen LogP contribution in [-0.4, -0.2) is 121 Å². The zero-order valence-electron chi connectivity index (χ0n) is 19.8. The number of carbonyl (C=O) groups excluding carboxylic acids is 2. The van der Waals surface area contributed by atoms with Crippen LogP contribution >= 0.6 is 0 Å². The first-order valence-electron chi connectivity index (χ1n) is 11.5. The van der Waals surface area contributed by atoms with Crippen LogP contribution in [-0.2, 0) is 9.59 Å². The van der Waals surface area contributed by atoms with Gasteiger partial charge in [-0.1, -0.05) is 19.3 Å². The van der Waals surface area contributed by atoms with Gasteiger partial charge >= 0.3 is 0 Å². The normalized spacial score (nSPS) is 10.4. The van der Waals surface area contributed by atoms with E-state index in [0.29, 0.717) is 52.1 Å². The highest BCUT2D eigenvalue weighted by atomic mass is 16.4. The summed E-state index contributed by atoms with van der Waals surface area (Å²) in [6, 6.07) is 0. The van der Waals surface area contributed by atoms with Crippen molar-refractivity contribution in [2.45, 2.75) is 44.9 Å².